The highest BCUT2D eigenvalue weighted by molar-refractivity contribution is 6.22. The van der Waals surface area contributed by atoms with Gasteiger partial charge in [-0.3, -0.25) is 4.57 Å². The van der Waals surface area contributed by atoms with Gasteiger partial charge in [0.2, 0.25) is 5.95 Å². The predicted molar refractivity (Wildman–Crippen MR) is 312 cm³/mol. The van der Waals surface area contributed by atoms with Gasteiger partial charge in [0.15, 0.2) is 11.6 Å². The average molecular weight is 971 g/mol. The van der Waals surface area contributed by atoms with E-state index in [0.717, 1.165) is 105 Å². The summed E-state index contributed by atoms with van der Waals surface area (Å²) in [5.41, 5.74) is 16.6. The Balaban J connectivity index is 0.885. The van der Waals surface area contributed by atoms with Crippen LogP contribution in [0.1, 0.15) is 0 Å². The van der Waals surface area contributed by atoms with Crippen LogP contribution in [0.15, 0.2) is 259 Å². The van der Waals surface area contributed by atoms with Gasteiger partial charge in [-0.1, -0.05) is 194 Å². The summed E-state index contributed by atoms with van der Waals surface area (Å²) in [6.45, 7) is 0. The summed E-state index contributed by atoms with van der Waals surface area (Å²) in [5.74, 6) is 1.74. The Hall–Kier alpha value is -10.4. The Bertz CT molecular complexity index is 4950. The van der Waals surface area contributed by atoms with Gasteiger partial charge in [-0.15, -0.1) is 0 Å². The highest BCUT2D eigenvalue weighted by atomic mass is 16.3. The van der Waals surface area contributed by atoms with Gasteiger partial charge >= 0.3 is 0 Å². The van der Waals surface area contributed by atoms with Crippen molar-refractivity contribution in [2.24, 2.45) is 0 Å². The highest BCUT2D eigenvalue weighted by Crippen LogP contribution is 2.46. The number of fused-ring (bicyclic) bond motifs is 12. The van der Waals surface area contributed by atoms with Gasteiger partial charge in [0.05, 0.1) is 38.8 Å². The van der Waals surface area contributed by atoms with Crippen LogP contribution in [0, 0.1) is 0 Å². The van der Waals surface area contributed by atoms with Crippen molar-refractivity contribution in [2.75, 3.05) is 0 Å². The van der Waals surface area contributed by atoms with E-state index in [2.05, 4.69) is 238 Å². The lowest BCUT2D eigenvalue weighted by molar-refractivity contribution is 0.670. The Morgan fingerprint density at radius 1 is 0.303 bits per heavy atom. The van der Waals surface area contributed by atoms with Crippen LogP contribution in [0.3, 0.4) is 0 Å². The SMILES string of the molecule is c1ccc(-c2nc(-c3cccc(-c4cccc5c4oc4cccc(-c6cccc7c8ccccc8n(-c8cccc9c8c8ccccc8n9-c8ccccc8)c67)c45)c3)nc(-n3c4ccccc4c4ccccc43)n2)cc1. The monoisotopic (exact) mass is 970 g/mol. The Labute approximate surface area is 435 Å². The summed E-state index contributed by atoms with van der Waals surface area (Å²) in [6, 6.07) is 90.3. The molecule has 354 valence electrons. The molecule has 0 aliphatic rings. The molecule has 0 bridgehead atoms. The average Bonchev–Trinajstić information content (AvgIpc) is 4.42. The zero-order valence-corrected chi connectivity index (χ0v) is 40.8. The van der Waals surface area contributed by atoms with Gasteiger partial charge in [0.25, 0.3) is 0 Å². The van der Waals surface area contributed by atoms with Crippen molar-refractivity contribution in [1.29, 1.82) is 0 Å². The third kappa shape index (κ3) is 6.26. The van der Waals surface area contributed by atoms with Crippen LogP contribution in [-0.4, -0.2) is 28.7 Å². The number of rotatable bonds is 7. The van der Waals surface area contributed by atoms with Crippen LogP contribution in [-0.2, 0) is 0 Å². The molecule has 0 atom stereocenters. The maximum absolute atomic E-state index is 7.05. The molecule has 0 amide bonds. The molecule has 0 saturated carbocycles. The standard InChI is InChI=1S/C69H42N6O/c1-3-20-43(21-4-1)67-70-68(72-69(71-67)75-57-36-12-7-26-48(57)49-27-8-13-37-58(49)75)45-23-15-22-44(42-45)47-30-16-34-55-63-51(31-18-41-62(63)76-66(47)55)53-33-17-32-52-50-28-9-11-35-56(50)74(65(52)53)61-40-19-39-60-64(61)54-29-10-14-38-59(54)73(60)46-24-5-2-6-25-46/h1-42H. The highest BCUT2D eigenvalue weighted by Gasteiger charge is 2.24. The van der Waals surface area contributed by atoms with Crippen molar-refractivity contribution in [1.82, 2.24) is 28.7 Å². The molecule has 7 nitrogen and oxygen atoms in total. The molecule has 0 radical (unpaired) electrons. The third-order valence-electron chi connectivity index (χ3n) is 15.3. The number of nitrogens with zero attached hydrogens (tertiary/aromatic N) is 6. The van der Waals surface area contributed by atoms with E-state index in [-0.39, 0.29) is 0 Å². The fraction of sp³-hybridized carbons (Fsp3) is 0. The molecule has 0 fully saturated rings. The van der Waals surface area contributed by atoms with Crippen LogP contribution in [0.4, 0.5) is 0 Å². The largest absolute Gasteiger partial charge is 0.455 e. The first-order valence-corrected chi connectivity index (χ1v) is 25.7. The Morgan fingerprint density at radius 2 is 0.803 bits per heavy atom. The molecule has 0 spiro atoms. The minimum Gasteiger partial charge on any atom is -0.455 e. The van der Waals surface area contributed by atoms with Gasteiger partial charge in [0.1, 0.15) is 11.2 Å². The summed E-state index contributed by atoms with van der Waals surface area (Å²) in [7, 11) is 0. The summed E-state index contributed by atoms with van der Waals surface area (Å²) >= 11 is 0. The molecule has 0 N–H and O–H groups in total. The zero-order valence-electron chi connectivity index (χ0n) is 40.8. The lowest BCUT2D eigenvalue weighted by atomic mass is 9.95. The van der Waals surface area contributed by atoms with E-state index in [4.69, 9.17) is 19.4 Å². The fourth-order valence-corrected chi connectivity index (χ4v) is 12.1. The number of aromatic nitrogens is 6. The van der Waals surface area contributed by atoms with E-state index in [9.17, 15) is 0 Å². The van der Waals surface area contributed by atoms with E-state index in [0.29, 0.717) is 17.6 Å². The lowest BCUT2D eigenvalue weighted by Gasteiger charge is -2.14. The Morgan fingerprint density at radius 3 is 1.54 bits per heavy atom. The van der Waals surface area contributed by atoms with Crippen molar-refractivity contribution in [3.63, 3.8) is 0 Å². The summed E-state index contributed by atoms with van der Waals surface area (Å²) in [5, 5.41) is 9.20. The first-order chi connectivity index (χ1) is 37.7. The maximum atomic E-state index is 7.05. The molecule has 0 aliphatic heterocycles. The van der Waals surface area contributed by atoms with Gasteiger partial charge in [-0.25, -0.2) is 4.98 Å². The Kier molecular flexibility index (Phi) is 9.20. The molecular weight excluding hydrogens is 929 g/mol. The molecule has 0 aliphatic carbocycles. The summed E-state index contributed by atoms with van der Waals surface area (Å²) in [4.78, 5) is 15.6. The van der Waals surface area contributed by atoms with E-state index in [1.807, 2.05) is 30.3 Å². The maximum Gasteiger partial charge on any atom is 0.238 e. The van der Waals surface area contributed by atoms with Crippen LogP contribution in [0.5, 0.6) is 0 Å². The van der Waals surface area contributed by atoms with Crippen molar-refractivity contribution in [2.45, 2.75) is 0 Å². The van der Waals surface area contributed by atoms with Crippen molar-refractivity contribution in [3.8, 4) is 62.4 Å². The minimum absolute atomic E-state index is 0.559. The number of hydrogen-bond donors (Lipinski definition) is 0. The first kappa shape index (κ1) is 42.2. The number of furan rings is 1. The molecule has 5 heterocycles. The van der Waals surface area contributed by atoms with Crippen molar-refractivity contribution >= 4 is 87.4 Å². The number of benzene rings is 11. The molecule has 11 aromatic carbocycles. The van der Waals surface area contributed by atoms with E-state index >= 15 is 0 Å². The minimum atomic E-state index is 0.559. The molecule has 16 aromatic rings. The van der Waals surface area contributed by atoms with Gasteiger partial charge in [-0.05, 0) is 71.8 Å². The summed E-state index contributed by atoms with van der Waals surface area (Å²) < 4.78 is 14.1. The first-order valence-electron chi connectivity index (χ1n) is 25.7. The number of hydrogen-bond acceptors (Lipinski definition) is 4. The van der Waals surface area contributed by atoms with Crippen LogP contribution >= 0.6 is 0 Å². The normalized spacial score (nSPS) is 11.9. The second-order valence-electron chi connectivity index (χ2n) is 19.5. The molecule has 0 unspecified atom stereocenters. The van der Waals surface area contributed by atoms with Gasteiger partial charge < -0.3 is 13.6 Å². The molecule has 76 heavy (non-hydrogen) atoms. The van der Waals surface area contributed by atoms with E-state index in [1.165, 1.54) is 27.1 Å². The molecule has 0 saturated heterocycles. The third-order valence-corrected chi connectivity index (χ3v) is 15.3. The van der Waals surface area contributed by atoms with E-state index in [1.54, 1.807) is 0 Å². The van der Waals surface area contributed by atoms with E-state index < -0.39 is 0 Å². The van der Waals surface area contributed by atoms with Gasteiger partial charge in [-0.2, -0.15) is 9.97 Å². The molecule has 5 aromatic heterocycles. The molecule has 7 heteroatoms. The van der Waals surface area contributed by atoms with Crippen LogP contribution in [0.2, 0.25) is 0 Å². The van der Waals surface area contributed by atoms with Crippen LogP contribution < -0.4 is 0 Å². The fourth-order valence-electron chi connectivity index (χ4n) is 12.1. The van der Waals surface area contributed by atoms with Gasteiger partial charge in [0, 0.05) is 71.0 Å². The lowest BCUT2D eigenvalue weighted by Crippen LogP contribution is -2.06. The number of para-hydroxylation sites is 7. The summed E-state index contributed by atoms with van der Waals surface area (Å²) in [6.07, 6.45) is 0. The quantitative estimate of drug-likeness (QED) is 0.160. The topological polar surface area (TPSA) is 66.6 Å². The van der Waals surface area contributed by atoms with Crippen molar-refractivity contribution in [3.05, 3.63) is 255 Å². The smallest absolute Gasteiger partial charge is 0.238 e. The zero-order chi connectivity index (χ0) is 49.8. The molecule has 16 rings (SSSR count). The second kappa shape index (κ2) is 16.6. The van der Waals surface area contributed by atoms with Crippen molar-refractivity contribution < 1.29 is 4.42 Å². The molecular formula is C69H42N6O. The van der Waals surface area contributed by atoms with Crippen LogP contribution in [0.25, 0.3) is 150 Å². The second-order valence-corrected chi connectivity index (χ2v) is 19.5. The predicted octanol–water partition coefficient (Wildman–Crippen LogP) is 17.7.